The highest BCUT2D eigenvalue weighted by molar-refractivity contribution is 7.92. The van der Waals surface area contributed by atoms with Crippen LogP contribution >= 0.6 is 11.6 Å². The van der Waals surface area contributed by atoms with E-state index < -0.39 is 16.1 Å². The second-order valence-corrected chi connectivity index (χ2v) is 6.99. The lowest BCUT2D eigenvalue weighted by atomic mass is 10.2. The summed E-state index contributed by atoms with van der Waals surface area (Å²) in [6.45, 7) is 1.77. The molecule has 0 unspecified atom stereocenters. The van der Waals surface area contributed by atoms with E-state index in [4.69, 9.17) is 11.6 Å². The summed E-state index contributed by atoms with van der Waals surface area (Å²) in [5.41, 5.74) is 0.391. The number of rotatable bonds is 5. The number of amides is 1. The van der Waals surface area contributed by atoms with E-state index in [1.807, 2.05) is 0 Å². The summed E-state index contributed by atoms with van der Waals surface area (Å²) >= 11 is 5.91. The van der Waals surface area contributed by atoms with Gasteiger partial charge in [-0.25, -0.2) is 8.42 Å². The van der Waals surface area contributed by atoms with E-state index >= 15 is 0 Å². The summed E-state index contributed by atoms with van der Waals surface area (Å²) in [4.78, 5) is 13.6. The summed E-state index contributed by atoms with van der Waals surface area (Å²) < 4.78 is 25.3. The lowest BCUT2D eigenvalue weighted by molar-refractivity contribution is -0.129. The van der Waals surface area contributed by atoms with Crippen LogP contribution in [0.4, 0.5) is 5.69 Å². The van der Waals surface area contributed by atoms with Crippen molar-refractivity contribution >= 4 is 33.2 Å². The maximum Gasteiger partial charge on any atom is 0.245 e. The fourth-order valence-corrected chi connectivity index (χ4v) is 3.34. The highest BCUT2D eigenvalue weighted by atomic mass is 35.5. The summed E-state index contributed by atoms with van der Waals surface area (Å²) in [7, 11) is -0.396. The number of benzene rings is 1. The van der Waals surface area contributed by atoms with Crippen LogP contribution < -0.4 is 4.31 Å². The Hall–Kier alpha value is -1.27. The van der Waals surface area contributed by atoms with Crippen molar-refractivity contribution in [1.82, 2.24) is 4.90 Å². The zero-order valence-corrected chi connectivity index (χ0v) is 13.6. The molecule has 1 aromatic carbocycles. The molecule has 5 nitrogen and oxygen atoms in total. The van der Waals surface area contributed by atoms with Crippen molar-refractivity contribution in [3.05, 3.63) is 29.3 Å². The van der Waals surface area contributed by atoms with Gasteiger partial charge in [-0.15, -0.1) is 0 Å². The second kappa shape index (κ2) is 6.45. The number of carbonyl (C=O) groups excluding carboxylic acids is 1. The molecule has 1 rings (SSSR count). The first kappa shape index (κ1) is 16.8. The lowest BCUT2D eigenvalue weighted by Gasteiger charge is -2.31. The molecule has 0 spiro atoms. The number of halogens is 1. The largest absolute Gasteiger partial charge is 0.347 e. The fourth-order valence-electron chi connectivity index (χ4n) is 1.95. The summed E-state index contributed by atoms with van der Waals surface area (Å²) in [5, 5.41) is 0.420. The first-order valence-electron chi connectivity index (χ1n) is 6.14. The minimum absolute atomic E-state index is 0.266. The van der Waals surface area contributed by atoms with E-state index in [2.05, 4.69) is 0 Å². The summed E-state index contributed by atoms with van der Waals surface area (Å²) in [6, 6.07) is 5.69. The van der Waals surface area contributed by atoms with Crippen LogP contribution in [0.1, 0.15) is 13.3 Å². The molecule has 112 valence electrons. The number of hydrogen-bond donors (Lipinski definition) is 0. The fraction of sp³-hybridized carbons (Fsp3) is 0.462. The topological polar surface area (TPSA) is 57.7 Å². The van der Waals surface area contributed by atoms with Gasteiger partial charge in [-0.3, -0.25) is 9.10 Å². The smallest absolute Gasteiger partial charge is 0.245 e. The minimum atomic E-state index is -3.60. The van der Waals surface area contributed by atoms with E-state index in [9.17, 15) is 13.2 Å². The first-order chi connectivity index (χ1) is 9.18. The number of likely N-dealkylation sites (N-methyl/N-ethyl adjacent to an activating group) is 1. The van der Waals surface area contributed by atoms with E-state index in [1.54, 1.807) is 39.2 Å². The predicted octanol–water partition coefficient (Wildman–Crippen LogP) is 1.97. The third-order valence-electron chi connectivity index (χ3n) is 2.82. The zero-order valence-electron chi connectivity index (χ0n) is 12.0. The highest BCUT2D eigenvalue weighted by Crippen LogP contribution is 2.25. The molecule has 0 aliphatic rings. The van der Waals surface area contributed by atoms with Crippen LogP contribution in [0, 0.1) is 0 Å². The van der Waals surface area contributed by atoms with Crippen molar-refractivity contribution in [3.63, 3.8) is 0 Å². The molecule has 1 aromatic rings. The van der Waals surface area contributed by atoms with Gasteiger partial charge >= 0.3 is 0 Å². The quantitative estimate of drug-likeness (QED) is 0.834. The van der Waals surface area contributed by atoms with Gasteiger partial charge in [-0.2, -0.15) is 0 Å². The second-order valence-electron chi connectivity index (χ2n) is 4.70. The van der Waals surface area contributed by atoms with E-state index in [-0.39, 0.29) is 5.91 Å². The number of sulfonamides is 1. The third kappa shape index (κ3) is 3.86. The van der Waals surface area contributed by atoms with Crippen molar-refractivity contribution in [2.75, 3.05) is 24.7 Å². The molecule has 20 heavy (non-hydrogen) atoms. The summed E-state index contributed by atoms with van der Waals surface area (Å²) in [6.07, 6.45) is 1.45. The Labute approximate surface area is 125 Å². The van der Waals surface area contributed by atoms with Gasteiger partial charge in [0.1, 0.15) is 6.04 Å². The molecular weight excluding hydrogens is 300 g/mol. The van der Waals surface area contributed by atoms with Gasteiger partial charge in [-0.1, -0.05) is 24.6 Å². The molecule has 0 aliphatic heterocycles. The molecule has 0 N–H and O–H groups in total. The Morgan fingerprint density at radius 2 is 1.95 bits per heavy atom. The van der Waals surface area contributed by atoms with Crippen LogP contribution in [0.3, 0.4) is 0 Å². The molecule has 0 aromatic heterocycles. The van der Waals surface area contributed by atoms with Crippen molar-refractivity contribution < 1.29 is 13.2 Å². The van der Waals surface area contributed by atoms with Gasteiger partial charge in [-0.05, 0) is 24.6 Å². The number of hydrogen-bond acceptors (Lipinski definition) is 3. The molecule has 0 aliphatic carbocycles. The van der Waals surface area contributed by atoms with Gasteiger partial charge in [0.05, 0.1) is 11.9 Å². The molecule has 0 bridgehead atoms. The Balaban J connectivity index is 3.36. The standard InChI is InChI=1S/C13H19ClN2O3S/c1-5-12(13(17)15(2)3)16(20(4,18)19)11-8-6-7-10(14)9-11/h6-9,12H,5H2,1-4H3/t12-/m1/s1. The Morgan fingerprint density at radius 1 is 1.35 bits per heavy atom. The molecular formula is C13H19ClN2O3S. The monoisotopic (exact) mass is 318 g/mol. The molecule has 0 saturated heterocycles. The Morgan fingerprint density at radius 3 is 2.35 bits per heavy atom. The molecule has 1 amide bonds. The zero-order chi connectivity index (χ0) is 15.5. The SMILES string of the molecule is CC[C@H](C(=O)N(C)C)N(c1cccc(Cl)c1)S(C)(=O)=O. The molecule has 1 atom stereocenters. The van der Waals surface area contributed by atoms with Gasteiger partial charge in [0.25, 0.3) is 0 Å². The molecule has 0 radical (unpaired) electrons. The van der Waals surface area contributed by atoms with Crippen LogP contribution in [-0.4, -0.2) is 45.6 Å². The van der Waals surface area contributed by atoms with Crippen LogP contribution in [-0.2, 0) is 14.8 Å². The minimum Gasteiger partial charge on any atom is -0.347 e. The Bertz CT molecular complexity index is 587. The van der Waals surface area contributed by atoms with Crippen LogP contribution in [0.15, 0.2) is 24.3 Å². The van der Waals surface area contributed by atoms with Crippen LogP contribution in [0.5, 0.6) is 0 Å². The van der Waals surface area contributed by atoms with Gasteiger partial charge in [0.2, 0.25) is 15.9 Å². The average molecular weight is 319 g/mol. The highest BCUT2D eigenvalue weighted by Gasteiger charge is 2.32. The molecule has 0 heterocycles. The third-order valence-corrected chi connectivity index (χ3v) is 4.23. The van der Waals surface area contributed by atoms with Crippen LogP contribution in [0.2, 0.25) is 5.02 Å². The van der Waals surface area contributed by atoms with E-state index in [1.165, 1.54) is 11.0 Å². The van der Waals surface area contributed by atoms with Gasteiger partial charge in [0, 0.05) is 19.1 Å². The number of carbonyl (C=O) groups is 1. The normalized spacial score (nSPS) is 12.8. The van der Waals surface area contributed by atoms with Gasteiger partial charge in [0.15, 0.2) is 0 Å². The van der Waals surface area contributed by atoms with E-state index in [0.717, 1.165) is 10.6 Å². The van der Waals surface area contributed by atoms with Crippen molar-refractivity contribution in [2.45, 2.75) is 19.4 Å². The first-order valence-corrected chi connectivity index (χ1v) is 8.37. The summed E-state index contributed by atoms with van der Waals surface area (Å²) in [5.74, 6) is -0.266. The average Bonchev–Trinajstić information content (AvgIpc) is 2.33. The maximum absolute atomic E-state index is 12.2. The Kier molecular flexibility index (Phi) is 5.42. The van der Waals surface area contributed by atoms with Crippen molar-refractivity contribution in [2.24, 2.45) is 0 Å². The molecule has 0 saturated carbocycles. The maximum atomic E-state index is 12.2. The van der Waals surface area contributed by atoms with E-state index in [0.29, 0.717) is 17.1 Å². The van der Waals surface area contributed by atoms with Crippen molar-refractivity contribution in [1.29, 1.82) is 0 Å². The van der Waals surface area contributed by atoms with Gasteiger partial charge < -0.3 is 4.90 Å². The number of anilines is 1. The lowest BCUT2D eigenvalue weighted by Crippen LogP contribution is -2.48. The number of nitrogens with zero attached hydrogens (tertiary/aromatic N) is 2. The predicted molar refractivity (Wildman–Crippen MR) is 81.5 cm³/mol. The van der Waals surface area contributed by atoms with Crippen LogP contribution in [0.25, 0.3) is 0 Å². The van der Waals surface area contributed by atoms with Crippen molar-refractivity contribution in [3.8, 4) is 0 Å². The molecule has 0 fully saturated rings. The molecule has 7 heteroatoms.